The molecule has 0 unspecified atom stereocenters. The molecule has 0 aliphatic heterocycles. The molecule has 2 rings (SSSR count). The van der Waals surface area contributed by atoms with Gasteiger partial charge in [-0.1, -0.05) is 38.3 Å². The van der Waals surface area contributed by atoms with Crippen LogP contribution in [0, 0.1) is 0 Å². The number of carbonyl (C=O) groups is 3. The van der Waals surface area contributed by atoms with Crippen molar-refractivity contribution in [2.24, 2.45) is 0 Å². The van der Waals surface area contributed by atoms with E-state index in [4.69, 9.17) is 11.6 Å². The van der Waals surface area contributed by atoms with Gasteiger partial charge in [-0.25, -0.2) is 9.10 Å². The van der Waals surface area contributed by atoms with Crippen LogP contribution in [0.1, 0.15) is 33.6 Å². The highest BCUT2D eigenvalue weighted by Crippen LogP contribution is 2.29. The number of benzene rings is 2. The number of halogens is 1. The molecule has 0 saturated heterocycles. The van der Waals surface area contributed by atoms with Crippen molar-refractivity contribution in [2.75, 3.05) is 39.9 Å². The summed E-state index contributed by atoms with van der Waals surface area (Å²) in [6, 6.07) is 11.0. The largest absolute Gasteiger partial charge is 0.336 e. The molecule has 8 nitrogen and oxygen atoms in total. The van der Waals surface area contributed by atoms with Crippen molar-refractivity contribution in [3.05, 3.63) is 47.5 Å². The summed E-state index contributed by atoms with van der Waals surface area (Å²) in [6.45, 7) is 7.58. The number of amides is 4. The normalized spacial score (nSPS) is 10.6. The first kappa shape index (κ1) is 26.5. The van der Waals surface area contributed by atoms with Crippen LogP contribution in [0.2, 0.25) is 5.02 Å². The molecule has 178 valence electrons. The van der Waals surface area contributed by atoms with Gasteiger partial charge in [0.2, 0.25) is 11.8 Å². The predicted molar refractivity (Wildman–Crippen MR) is 138 cm³/mol. The average molecular weight is 492 g/mol. The summed E-state index contributed by atoms with van der Waals surface area (Å²) in [5, 5.41) is 8.49. The van der Waals surface area contributed by atoms with Crippen LogP contribution < -0.4 is 20.3 Å². The predicted octanol–water partition coefficient (Wildman–Crippen LogP) is 5.24. The lowest BCUT2D eigenvalue weighted by Gasteiger charge is -2.21. The van der Waals surface area contributed by atoms with Gasteiger partial charge in [-0.15, -0.1) is 0 Å². The minimum atomic E-state index is -0.492. The highest BCUT2D eigenvalue weighted by Gasteiger charge is 2.16. The highest BCUT2D eigenvalue weighted by atomic mass is 35.5. The Morgan fingerprint density at radius 3 is 2.00 bits per heavy atom. The lowest BCUT2D eigenvalue weighted by Crippen LogP contribution is -2.34. The fourth-order valence-electron chi connectivity index (χ4n) is 3.17. The zero-order chi connectivity index (χ0) is 24.4. The Balaban J connectivity index is 1.99. The maximum Gasteiger partial charge on any atom is 0.336 e. The molecule has 0 radical (unpaired) electrons. The molecular weight excluding hydrogens is 462 g/mol. The first-order chi connectivity index (χ1) is 15.7. The number of nitrogens with zero attached hydrogens (tertiary/aromatic N) is 2. The minimum absolute atomic E-state index is 0.144. The van der Waals surface area contributed by atoms with Gasteiger partial charge in [0.15, 0.2) is 0 Å². The summed E-state index contributed by atoms with van der Waals surface area (Å²) in [4.78, 5) is 38.2. The third-order valence-corrected chi connectivity index (χ3v) is 5.29. The maximum atomic E-state index is 12.5. The standard InChI is InChI=1S/C23H30ClN5O3S/c1-4-12-28(13-5-2)15-22(31)27-21-11-10-19(14-20(21)24)29(33)23(32)26-18-8-6-17(7-9-18)25-16(3)30/h6-11,14,33H,4-5,12-13,15H2,1-3H3,(H,25,30)(H,26,32)(H,27,31). The zero-order valence-corrected chi connectivity index (χ0v) is 20.7. The molecule has 0 fully saturated rings. The van der Waals surface area contributed by atoms with Crippen LogP contribution in [0.15, 0.2) is 42.5 Å². The maximum absolute atomic E-state index is 12.5. The number of hydrogen-bond donors (Lipinski definition) is 4. The fourth-order valence-corrected chi connectivity index (χ4v) is 3.56. The van der Waals surface area contributed by atoms with Gasteiger partial charge >= 0.3 is 6.03 Å². The molecule has 0 heterocycles. The Hall–Kier alpha value is -2.75. The number of nitrogens with one attached hydrogen (secondary N) is 3. The lowest BCUT2D eigenvalue weighted by atomic mass is 10.2. The second-order valence-electron chi connectivity index (χ2n) is 7.49. The Morgan fingerprint density at radius 1 is 0.909 bits per heavy atom. The number of hydrogen-bond acceptors (Lipinski definition) is 5. The van der Waals surface area contributed by atoms with E-state index in [0.29, 0.717) is 34.3 Å². The molecule has 0 spiro atoms. The second kappa shape index (κ2) is 13.1. The summed E-state index contributed by atoms with van der Waals surface area (Å²) in [7, 11) is 0. The van der Waals surface area contributed by atoms with Gasteiger partial charge < -0.3 is 16.0 Å². The number of urea groups is 1. The zero-order valence-electron chi connectivity index (χ0n) is 19.0. The summed E-state index contributed by atoms with van der Waals surface area (Å²) >= 11 is 10.6. The monoisotopic (exact) mass is 491 g/mol. The summed E-state index contributed by atoms with van der Waals surface area (Å²) < 4.78 is 1.11. The van der Waals surface area contributed by atoms with Gasteiger partial charge in [0.1, 0.15) is 0 Å². The molecule has 3 N–H and O–H groups in total. The van der Waals surface area contributed by atoms with Gasteiger partial charge in [-0.05, 0) is 68.4 Å². The topological polar surface area (TPSA) is 93.8 Å². The van der Waals surface area contributed by atoms with Crippen LogP contribution in [0.25, 0.3) is 0 Å². The molecule has 0 bridgehead atoms. The van der Waals surface area contributed by atoms with Crippen molar-refractivity contribution in [3.63, 3.8) is 0 Å². The molecule has 0 aromatic heterocycles. The van der Waals surface area contributed by atoms with Crippen LogP contribution in [-0.2, 0) is 9.59 Å². The van der Waals surface area contributed by atoms with Crippen molar-refractivity contribution in [1.29, 1.82) is 0 Å². The van der Waals surface area contributed by atoms with Gasteiger partial charge in [0.25, 0.3) is 0 Å². The van der Waals surface area contributed by atoms with Gasteiger partial charge in [-0.3, -0.25) is 14.5 Å². The summed E-state index contributed by atoms with van der Waals surface area (Å²) in [5.41, 5.74) is 2.06. The van der Waals surface area contributed by atoms with E-state index >= 15 is 0 Å². The van der Waals surface area contributed by atoms with Crippen molar-refractivity contribution in [2.45, 2.75) is 33.6 Å². The molecule has 10 heteroatoms. The molecule has 2 aromatic rings. The SMILES string of the molecule is CCCN(CCC)CC(=O)Nc1ccc(N(S)C(=O)Nc2ccc(NC(C)=O)cc2)cc1Cl. The van der Waals surface area contributed by atoms with E-state index in [2.05, 4.69) is 47.5 Å². The molecule has 4 amide bonds. The minimum Gasteiger partial charge on any atom is -0.326 e. The van der Waals surface area contributed by atoms with Crippen LogP contribution in [0.3, 0.4) is 0 Å². The Morgan fingerprint density at radius 2 is 1.48 bits per heavy atom. The molecule has 0 saturated carbocycles. The van der Waals surface area contributed by atoms with Crippen LogP contribution in [-0.4, -0.2) is 42.4 Å². The first-order valence-corrected chi connectivity index (χ1v) is 11.5. The van der Waals surface area contributed by atoms with Crippen LogP contribution in [0.5, 0.6) is 0 Å². The number of carbonyl (C=O) groups excluding carboxylic acids is 3. The highest BCUT2D eigenvalue weighted by molar-refractivity contribution is 7.82. The smallest absolute Gasteiger partial charge is 0.326 e. The van der Waals surface area contributed by atoms with E-state index in [9.17, 15) is 14.4 Å². The van der Waals surface area contributed by atoms with Crippen molar-refractivity contribution in [3.8, 4) is 0 Å². The third-order valence-electron chi connectivity index (χ3n) is 4.57. The number of rotatable bonds is 10. The third kappa shape index (κ3) is 8.60. The molecule has 0 aliphatic rings. The van der Waals surface area contributed by atoms with Gasteiger partial charge in [-0.2, -0.15) is 0 Å². The molecule has 0 aliphatic carbocycles. The quantitative estimate of drug-likeness (QED) is 0.342. The van der Waals surface area contributed by atoms with Crippen molar-refractivity contribution in [1.82, 2.24) is 4.90 Å². The second-order valence-corrected chi connectivity index (χ2v) is 8.30. The van der Waals surface area contributed by atoms with Gasteiger partial charge in [0, 0.05) is 18.3 Å². The summed E-state index contributed by atoms with van der Waals surface area (Å²) in [6.07, 6.45) is 1.95. The van der Waals surface area contributed by atoms with Crippen molar-refractivity contribution >= 4 is 65.0 Å². The van der Waals surface area contributed by atoms with E-state index in [1.807, 2.05) is 0 Å². The lowest BCUT2D eigenvalue weighted by molar-refractivity contribution is -0.117. The Kier molecular flexibility index (Phi) is 10.5. The molecule has 2 aromatic carbocycles. The average Bonchev–Trinajstić information content (AvgIpc) is 2.76. The van der Waals surface area contributed by atoms with E-state index in [0.717, 1.165) is 30.2 Å². The first-order valence-electron chi connectivity index (χ1n) is 10.7. The Labute approximate surface area is 205 Å². The molecule has 0 atom stereocenters. The number of anilines is 4. The molecular formula is C23H30ClN5O3S. The molecule has 33 heavy (non-hydrogen) atoms. The van der Waals surface area contributed by atoms with E-state index in [1.54, 1.807) is 42.5 Å². The fraction of sp³-hybridized carbons (Fsp3) is 0.348. The van der Waals surface area contributed by atoms with Gasteiger partial charge in [0.05, 0.1) is 22.9 Å². The number of thiol groups is 1. The van der Waals surface area contributed by atoms with Crippen molar-refractivity contribution < 1.29 is 14.4 Å². The van der Waals surface area contributed by atoms with E-state index in [-0.39, 0.29) is 11.8 Å². The van der Waals surface area contributed by atoms with Crippen LogP contribution in [0.4, 0.5) is 27.5 Å². The summed E-state index contributed by atoms with van der Waals surface area (Å²) in [5.74, 6) is -0.321. The van der Waals surface area contributed by atoms with E-state index < -0.39 is 6.03 Å². The van der Waals surface area contributed by atoms with E-state index in [1.165, 1.54) is 6.92 Å². The Bertz CT molecular complexity index is 965. The van der Waals surface area contributed by atoms with Crippen LogP contribution >= 0.6 is 24.4 Å².